The average molecular weight is 403 g/mol. The molecule has 28 heavy (non-hydrogen) atoms. The largest absolute Gasteiger partial charge is 0.508 e. The molecule has 0 aliphatic heterocycles. The summed E-state index contributed by atoms with van der Waals surface area (Å²) in [5.41, 5.74) is 2.55. The van der Waals surface area contributed by atoms with E-state index in [4.69, 9.17) is 16.3 Å². The van der Waals surface area contributed by atoms with Gasteiger partial charge in [0.25, 0.3) is 0 Å². The number of phenolic OH excluding ortho intramolecular Hbond substituents is 1. The van der Waals surface area contributed by atoms with Gasteiger partial charge < -0.3 is 20.1 Å². The van der Waals surface area contributed by atoms with Crippen molar-refractivity contribution < 1.29 is 20.1 Å². The molecule has 0 spiro atoms. The second kappa shape index (κ2) is 10.3. The van der Waals surface area contributed by atoms with Gasteiger partial charge in [-0.2, -0.15) is 0 Å². The number of methoxy groups -OCH3 is 1. The topological polar surface area (TPSA) is 69.9 Å². The van der Waals surface area contributed by atoms with Crippen molar-refractivity contribution in [2.24, 2.45) is 5.92 Å². The number of hydrogen-bond donors (Lipinski definition) is 3. The molecule has 0 aliphatic rings. The highest BCUT2D eigenvalue weighted by Crippen LogP contribution is 2.30. The lowest BCUT2D eigenvalue weighted by Crippen LogP contribution is -2.25. The van der Waals surface area contributed by atoms with Crippen LogP contribution in [0.2, 0.25) is 5.02 Å². The highest BCUT2D eigenvalue weighted by Gasteiger charge is 2.25. The van der Waals surface area contributed by atoms with Gasteiger partial charge >= 0.3 is 0 Å². The van der Waals surface area contributed by atoms with Crippen LogP contribution in [0.1, 0.15) is 37.0 Å². The van der Waals surface area contributed by atoms with Gasteiger partial charge in [0.05, 0.1) is 24.3 Å². The van der Waals surface area contributed by atoms with Gasteiger partial charge in [-0.25, -0.2) is 0 Å². The number of aliphatic hydroxyl groups excluding tert-OH is 2. The third-order valence-corrected chi connectivity index (χ3v) is 5.09. The Kier molecular flexibility index (Phi) is 8.12. The first-order valence-corrected chi connectivity index (χ1v) is 9.51. The zero-order valence-electron chi connectivity index (χ0n) is 16.2. The van der Waals surface area contributed by atoms with Crippen molar-refractivity contribution in [3.05, 3.63) is 76.8 Å². The quantitative estimate of drug-likeness (QED) is 0.508. The van der Waals surface area contributed by atoms with Crippen LogP contribution in [0.25, 0.3) is 6.08 Å². The molecule has 3 atom stereocenters. The number of halogens is 1. The summed E-state index contributed by atoms with van der Waals surface area (Å²) in [4.78, 5) is 0. The van der Waals surface area contributed by atoms with E-state index in [0.29, 0.717) is 29.2 Å². The maximum atomic E-state index is 10.6. The number of benzene rings is 2. The minimum atomic E-state index is -0.853. The molecule has 0 radical (unpaired) electrons. The second-order valence-corrected chi connectivity index (χ2v) is 7.24. The Morgan fingerprint density at radius 1 is 1.18 bits per heavy atom. The Balaban J connectivity index is 2.01. The molecule has 0 unspecified atom stereocenters. The van der Waals surface area contributed by atoms with E-state index in [9.17, 15) is 15.3 Å². The van der Waals surface area contributed by atoms with E-state index in [2.05, 4.69) is 6.58 Å². The molecule has 0 aliphatic carbocycles. The molecule has 2 aromatic carbocycles. The van der Waals surface area contributed by atoms with E-state index in [-0.39, 0.29) is 5.75 Å². The monoisotopic (exact) mass is 402 g/mol. The number of aliphatic hydroxyl groups is 2. The van der Waals surface area contributed by atoms with Crippen molar-refractivity contribution >= 4 is 17.7 Å². The van der Waals surface area contributed by atoms with Gasteiger partial charge in [0.2, 0.25) is 0 Å². The van der Waals surface area contributed by atoms with Crippen molar-refractivity contribution in [1.82, 2.24) is 0 Å². The van der Waals surface area contributed by atoms with Crippen LogP contribution in [0.4, 0.5) is 0 Å². The first-order chi connectivity index (χ1) is 13.3. The number of phenols is 1. The van der Waals surface area contributed by atoms with Crippen molar-refractivity contribution in [3.8, 4) is 11.5 Å². The van der Waals surface area contributed by atoms with Gasteiger partial charge in [0, 0.05) is 5.92 Å². The molecule has 3 N–H and O–H groups in total. The Morgan fingerprint density at radius 3 is 2.43 bits per heavy atom. The molecule has 0 saturated carbocycles. The van der Waals surface area contributed by atoms with E-state index >= 15 is 0 Å². The molecule has 0 heterocycles. The molecule has 4 nitrogen and oxygen atoms in total. The first-order valence-electron chi connectivity index (χ1n) is 9.14. The normalized spacial score (nSPS) is 15.0. The van der Waals surface area contributed by atoms with Gasteiger partial charge in [-0.1, -0.05) is 41.5 Å². The van der Waals surface area contributed by atoms with Gasteiger partial charge in [-0.3, -0.25) is 0 Å². The zero-order valence-corrected chi connectivity index (χ0v) is 16.9. The van der Waals surface area contributed by atoms with Crippen LogP contribution in [0.3, 0.4) is 0 Å². The first kappa shape index (κ1) is 22.0. The molecule has 0 amide bonds. The predicted molar refractivity (Wildman–Crippen MR) is 114 cm³/mol. The average Bonchev–Trinajstić information content (AvgIpc) is 2.69. The summed E-state index contributed by atoms with van der Waals surface area (Å²) >= 11 is 6.13. The highest BCUT2D eigenvalue weighted by atomic mass is 35.5. The molecular weight excluding hydrogens is 376 g/mol. The zero-order chi connectivity index (χ0) is 20.7. The van der Waals surface area contributed by atoms with Gasteiger partial charge in [-0.05, 0) is 61.2 Å². The van der Waals surface area contributed by atoms with Crippen LogP contribution >= 0.6 is 11.6 Å². The van der Waals surface area contributed by atoms with Gasteiger partial charge in [0.15, 0.2) is 0 Å². The van der Waals surface area contributed by atoms with E-state index in [1.165, 1.54) is 6.07 Å². The molecule has 0 aromatic heterocycles. The Bertz CT molecular complexity index is 814. The fourth-order valence-electron chi connectivity index (χ4n) is 3.06. The maximum Gasteiger partial charge on any atom is 0.118 e. The lowest BCUT2D eigenvalue weighted by Gasteiger charge is -2.25. The van der Waals surface area contributed by atoms with Crippen LogP contribution < -0.4 is 4.74 Å². The van der Waals surface area contributed by atoms with Crippen molar-refractivity contribution in [1.29, 1.82) is 0 Å². The summed E-state index contributed by atoms with van der Waals surface area (Å²) in [7, 11) is 1.59. The Morgan fingerprint density at radius 2 is 1.86 bits per heavy atom. The SMILES string of the molecule is C=C[C@H]([C@H](O)CC/C(C)=C/c1ccc(O)cc1Cl)[C@H](O)c1ccc(OC)cc1. The number of allylic oxidation sites excluding steroid dienone is 1. The number of hydrogen-bond acceptors (Lipinski definition) is 4. The van der Waals surface area contributed by atoms with Crippen molar-refractivity contribution in [2.45, 2.75) is 32.0 Å². The summed E-state index contributed by atoms with van der Waals surface area (Å²) in [5, 5.41) is 31.2. The van der Waals surface area contributed by atoms with Crippen LogP contribution in [0.15, 0.2) is 60.7 Å². The van der Waals surface area contributed by atoms with E-state index in [1.807, 2.05) is 13.0 Å². The van der Waals surface area contributed by atoms with E-state index in [0.717, 1.165) is 11.1 Å². The Hall–Kier alpha value is -2.27. The molecule has 5 heteroatoms. The summed E-state index contributed by atoms with van der Waals surface area (Å²) < 4.78 is 5.13. The van der Waals surface area contributed by atoms with Gasteiger partial charge in [-0.15, -0.1) is 6.58 Å². The lowest BCUT2D eigenvalue weighted by atomic mass is 9.88. The van der Waals surface area contributed by atoms with Gasteiger partial charge in [0.1, 0.15) is 11.5 Å². The maximum absolute atomic E-state index is 10.6. The predicted octanol–water partition coefficient (Wildman–Crippen LogP) is 5.13. The Labute approximate surface area is 171 Å². The lowest BCUT2D eigenvalue weighted by molar-refractivity contribution is 0.0319. The highest BCUT2D eigenvalue weighted by molar-refractivity contribution is 6.32. The van der Waals surface area contributed by atoms with Crippen LogP contribution in [-0.2, 0) is 0 Å². The summed E-state index contributed by atoms with van der Waals surface area (Å²) in [6.45, 7) is 5.73. The number of ether oxygens (including phenoxy) is 1. The molecule has 2 aromatic rings. The van der Waals surface area contributed by atoms with Crippen LogP contribution in [-0.4, -0.2) is 28.5 Å². The van der Waals surface area contributed by atoms with Crippen molar-refractivity contribution in [2.75, 3.05) is 7.11 Å². The number of aromatic hydroxyl groups is 1. The van der Waals surface area contributed by atoms with Crippen molar-refractivity contribution in [3.63, 3.8) is 0 Å². The van der Waals surface area contributed by atoms with Crippen LogP contribution in [0, 0.1) is 5.92 Å². The fraction of sp³-hybridized carbons (Fsp3) is 0.304. The van der Waals surface area contributed by atoms with E-state index < -0.39 is 18.1 Å². The molecule has 150 valence electrons. The molecule has 0 fully saturated rings. The minimum Gasteiger partial charge on any atom is -0.508 e. The summed E-state index contributed by atoms with van der Waals surface area (Å²) in [6.07, 6.45) is 3.04. The molecule has 2 rings (SSSR count). The summed E-state index contributed by atoms with van der Waals surface area (Å²) in [5.74, 6) is 0.343. The van der Waals surface area contributed by atoms with E-state index in [1.54, 1.807) is 49.6 Å². The third kappa shape index (κ3) is 5.86. The molecule has 0 saturated heterocycles. The minimum absolute atomic E-state index is 0.122. The number of rotatable bonds is 9. The van der Waals surface area contributed by atoms with Crippen LogP contribution in [0.5, 0.6) is 11.5 Å². The summed E-state index contributed by atoms with van der Waals surface area (Å²) in [6, 6.07) is 11.9. The smallest absolute Gasteiger partial charge is 0.118 e. The fourth-order valence-corrected chi connectivity index (χ4v) is 3.29. The molecular formula is C23H27ClO4. The second-order valence-electron chi connectivity index (χ2n) is 6.83. The molecule has 0 bridgehead atoms. The standard InChI is InChI=1S/C23H27ClO4/c1-4-20(23(27)16-7-10-19(28-3)11-8-16)22(26)12-5-15(2)13-17-6-9-18(25)14-21(17)24/h4,6-11,13-14,20,22-23,25-27H,1,5,12H2,2-3H3/b15-13+/t20-,22-,23-/m1/s1. The third-order valence-electron chi connectivity index (χ3n) is 4.76.